The average Bonchev–Trinajstić information content (AvgIpc) is 3.10. The van der Waals surface area contributed by atoms with E-state index in [0.29, 0.717) is 0 Å². The number of nitrogen functional groups attached to an aromatic ring is 3. The van der Waals surface area contributed by atoms with Crippen LogP contribution in [0.25, 0.3) is 54.6 Å². The number of rotatable bonds is 12. The number of hydrogen-bond donors (Lipinski definition) is 6. The molecule has 0 fully saturated rings. The highest BCUT2D eigenvalue weighted by Crippen LogP contribution is 2.33. The molecule has 7 aromatic rings. The van der Waals surface area contributed by atoms with Crippen molar-refractivity contribution in [2.24, 2.45) is 0 Å². The average molecular weight is 796 g/mol. The summed E-state index contributed by atoms with van der Waals surface area (Å²) in [4.78, 5) is 0. The maximum absolute atomic E-state index is 6.33. The summed E-state index contributed by atoms with van der Waals surface area (Å²) in [6.45, 7) is 7.64. The molecule has 0 saturated carbocycles. The molecule has 12 heteroatoms. The lowest BCUT2D eigenvalue weighted by Crippen LogP contribution is -3.00. The second kappa shape index (κ2) is 19.3. The Labute approximate surface area is 335 Å². The SMILES string of the molecule is Cc1c2cc(N)ccc2c2ccc(N)cc2[n+]1CCCNCCNCCC[n+]1c(-c2ccccc2)c2cc(N)ccc2c2ccc([NH3+])cc21.Cl.Cl.[Cl-].[Cl-]. The lowest BCUT2D eigenvalue weighted by Gasteiger charge is -2.13. The number of aromatic nitrogens is 2. The van der Waals surface area contributed by atoms with E-state index >= 15 is 0 Å². The molecule has 11 N–H and O–H groups in total. The standard InChI is InChI=1S/C41H44N8.4ClH/c1-27-37-23-29(42)9-13-33(37)35-15-11-31(44)25-39(35)48(27)21-5-17-46-19-20-47-18-6-22-49-40-26-32(45)12-16-36(40)34-14-10-30(43)24-38(34)41(49)28-7-3-2-4-8-28;;;;/h2-4,7-16,23-26,44-47H,5-6,17-22,42-43H2,1H3;4*1H/p+1. The normalized spacial score (nSPS) is 10.8. The molecule has 0 amide bonds. The molecule has 0 aliphatic carbocycles. The largest absolute Gasteiger partial charge is 1.00 e. The van der Waals surface area contributed by atoms with Gasteiger partial charge in [-0.25, -0.2) is 0 Å². The van der Waals surface area contributed by atoms with E-state index in [1.165, 1.54) is 60.3 Å². The quantitative estimate of drug-likeness (QED) is 0.0448. The number of quaternary nitrogens is 1. The van der Waals surface area contributed by atoms with E-state index in [4.69, 9.17) is 17.2 Å². The van der Waals surface area contributed by atoms with Crippen LogP contribution < -0.4 is 67.5 Å². The Morgan fingerprint density at radius 3 is 1.64 bits per heavy atom. The van der Waals surface area contributed by atoms with Crippen molar-refractivity contribution in [2.45, 2.75) is 32.9 Å². The molecule has 8 nitrogen and oxygen atoms in total. The Hall–Kier alpha value is -4.12. The molecule has 280 valence electrons. The molecule has 53 heavy (non-hydrogen) atoms. The Morgan fingerprint density at radius 2 is 1.02 bits per heavy atom. The first-order valence-corrected chi connectivity index (χ1v) is 17.3. The molecule has 0 bridgehead atoms. The van der Waals surface area contributed by atoms with Crippen LogP contribution in [0.2, 0.25) is 0 Å². The summed E-state index contributed by atoms with van der Waals surface area (Å²) in [7, 11) is 0. The zero-order valence-electron chi connectivity index (χ0n) is 29.9. The summed E-state index contributed by atoms with van der Waals surface area (Å²) in [5, 5.41) is 14.5. The second-order valence-corrected chi connectivity index (χ2v) is 13.0. The predicted molar refractivity (Wildman–Crippen MR) is 219 cm³/mol. The van der Waals surface area contributed by atoms with Gasteiger partial charge in [0.2, 0.25) is 16.7 Å². The van der Waals surface area contributed by atoms with Crippen molar-refractivity contribution in [3.05, 3.63) is 109 Å². The monoisotopic (exact) mass is 793 g/mol. The van der Waals surface area contributed by atoms with Gasteiger partial charge in [-0.2, -0.15) is 9.13 Å². The molecule has 0 unspecified atom stereocenters. The number of anilines is 3. The first kappa shape index (κ1) is 43.3. The number of fused-ring (bicyclic) bond motifs is 6. The van der Waals surface area contributed by atoms with Crippen LogP contribution in [0.5, 0.6) is 0 Å². The van der Waals surface area contributed by atoms with Gasteiger partial charge in [-0.05, 0) is 54.6 Å². The van der Waals surface area contributed by atoms with Gasteiger partial charge in [-0.15, -0.1) is 24.8 Å². The van der Waals surface area contributed by atoms with Gasteiger partial charge in [0.1, 0.15) is 5.69 Å². The number of nitrogens with zero attached hydrogens (tertiary/aromatic N) is 2. The number of pyridine rings is 2. The van der Waals surface area contributed by atoms with E-state index in [-0.39, 0.29) is 49.6 Å². The molecule has 2 aromatic heterocycles. The van der Waals surface area contributed by atoms with Gasteiger partial charge in [-0.3, -0.25) is 0 Å². The minimum absolute atomic E-state index is 0. The van der Waals surface area contributed by atoms with Gasteiger partial charge in [0.25, 0.3) is 0 Å². The zero-order chi connectivity index (χ0) is 33.9. The van der Waals surface area contributed by atoms with Gasteiger partial charge < -0.3 is 58.4 Å². The highest BCUT2D eigenvalue weighted by molar-refractivity contribution is 6.10. The third-order valence-electron chi connectivity index (χ3n) is 9.65. The van der Waals surface area contributed by atoms with Gasteiger partial charge in [-0.1, -0.05) is 30.3 Å². The van der Waals surface area contributed by atoms with E-state index in [1.807, 2.05) is 18.2 Å². The second-order valence-electron chi connectivity index (χ2n) is 13.0. The Bertz CT molecular complexity index is 2320. The van der Waals surface area contributed by atoms with E-state index in [0.717, 1.165) is 74.9 Å². The highest BCUT2D eigenvalue weighted by Gasteiger charge is 2.24. The van der Waals surface area contributed by atoms with Gasteiger partial charge >= 0.3 is 0 Å². The van der Waals surface area contributed by atoms with Crippen molar-refractivity contribution in [3.8, 4) is 11.3 Å². The van der Waals surface area contributed by atoms with Crippen molar-refractivity contribution in [1.29, 1.82) is 0 Å². The molecule has 7 rings (SSSR count). The molecule has 0 atom stereocenters. The molecule has 0 spiro atoms. The van der Waals surface area contributed by atoms with Crippen molar-refractivity contribution >= 4 is 90.9 Å². The van der Waals surface area contributed by atoms with Crippen LogP contribution in [0.1, 0.15) is 18.5 Å². The number of nitrogens with two attached hydrogens (primary N) is 3. The minimum Gasteiger partial charge on any atom is -1.00 e. The van der Waals surface area contributed by atoms with Crippen molar-refractivity contribution in [1.82, 2.24) is 10.6 Å². The van der Waals surface area contributed by atoms with Crippen LogP contribution in [-0.2, 0) is 13.1 Å². The number of hydrogen-bond acceptors (Lipinski definition) is 5. The molecule has 0 aliphatic heterocycles. The number of nitrogens with one attached hydrogen (secondary N) is 2. The van der Waals surface area contributed by atoms with Crippen LogP contribution in [-0.4, -0.2) is 26.2 Å². The molecule has 0 radical (unpaired) electrons. The maximum atomic E-state index is 6.33. The molecule has 2 heterocycles. The van der Waals surface area contributed by atoms with Crippen LogP contribution in [0.4, 0.5) is 22.7 Å². The maximum Gasteiger partial charge on any atom is 0.220 e. The summed E-state index contributed by atoms with van der Waals surface area (Å²) in [6.07, 6.45) is 2.00. The van der Waals surface area contributed by atoms with Crippen molar-refractivity contribution < 1.29 is 39.7 Å². The molecule has 5 aromatic carbocycles. The number of benzene rings is 5. The third kappa shape index (κ3) is 9.16. The number of halogens is 4. The van der Waals surface area contributed by atoms with Crippen LogP contribution in [0.15, 0.2) is 103 Å². The fraction of sp³-hybridized carbons (Fsp3) is 0.220. The first-order valence-electron chi connectivity index (χ1n) is 17.3. The van der Waals surface area contributed by atoms with Crippen molar-refractivity contribution in [2.75, 3.05) is 43.4 Å². The third-order valence-corrected chi connectivity index (χ3v) is 9.65. The molecular formula is C41H49Cl4N8+. The Morgan fingerprint density at radius 1 is 0.528 bits per heavy atom. The molecule has 0 saturated heterocycles. The first-order chi connectivity index (χ1) is 23.9. The van der Waals surface area contributed by atoms with E-state index in [1.54, 1.807) is 0 Å². The van der Waals surface area contributed by atoms with Crippen molar-refractivity contribution in [3.63, 3.8) is 0 Å². The molecule has 0 aliphatic rings. The van der Waals surface area contributed by atoms with E-state index in [2.05, 4.69) is 117 Å². The fourth-order valence-corrected chi connectivity index (χ4v) is 7.29. The fourth-order valence-electron chi connectivity index (χ4n) is 7.29. The smallest absolute Gasteiger partial charge is 0.220 e. The highest BCUT2D eigenvalue weighted by atomic mass is 35.5. The van der Waals surface area contributed by atoms with Crippen LogP contribution >= 0.6 is 24.8 Å². The summed E-state index contributed by atoms with van der Waals surface area (Å²) in [5.41, 5.74) is 32.3. The number of aryl methyl sites for hydroxylation is 3. The molecular weight excluding hydrogens is 746 g/mol. The summed E-state index contributed by atoms with van der Waals surface area (Å²) in [5.74, 6) is 0. The summed E-state index contributed by atoms with van der Waals surface area (Å²) >= 11 is 0. The lowest BCUT2D eigenvalue weighted by molar-refractivity contribution is -0.676. The Kier molecular flexibility index (Phi) is 15.7. The van der Waals surface area contributed by atoms with E-state index < -0.39 is 0 Å². The minimum atomic E-state index is 0. The Balaban J connectivity index is 0.00000189. The van der Waals surface area contributed by atoms with Gasteiger partial charge in [0, 0.05) is 91.5 Å². The summed E-state index contributed by atoms with van der Waals surface area (Å²) < 4.78 is 4.84. The lowest BCUT2D eigenvalue weighted by atomic mass is 9.98. The van der Waals surface area contributed by atoms with Gasteiger partial charge in [0.15, 0.2) is 18.8 Å². The van der Waals surface area contributed by atoms with Crippen LogP contribution in [0.3, 0.4) is 0 Å². The summed E-state index contributed by atoms with van der Waals surface area (Å²) in [6, 6.07) is 35.8. The predicted octanol–water partition coefficient (Wildman–Crippen LogP) is -0.0190. The van der Waals surface area contributed by atoms with Crippen LogP contribution in [0, 0.1) is 6.92 Å². The topological polar surface area (TPSA) is 138 Å². The zero-order valence-corrected chi connectivity index (χ0v) is 33.0. The van der Waals surface area contributed by atoms with Gasteiger partial charge in [0.05, 0.1) is 27.6 Å². The van der Waals surface area contributed by atoms with E-state index in [9.17, 15) is 0 Å².